The largest absolute Gasteiger partial charge is 0.493 e. The number of nitriles is 2. The molecule has 0 amide bonds. The fraction of sp³-hybridized carbons (Fsp3) is 0.158. The van der Waals surface area contributed by atoms with E-state index in [0.29, 0.717) is 16.9 Å². The van der Waals surface area contributed by atoms with E-state index in [4.69, 9.17) is 20.0 Å². The zero-order chi connectivity index (χ0) is 19.2. The van der Waals surface area contributed by atoms with Gasteiger partial charge in [0.2, 0.25) is 0 Å². The van der Waals surface area contributed by atoms with Gasteiger partial charge >= 0.3 is 6.18 Å². The minimum absolute atomic E-state index is 0.137. The average Bonchev–Trinajstić information content (AvgIpc) is 2.64. The van der Waals surface area contributed by atoms with Gasteiger partial charge in [-0.1, -0.05) is 24.3 Å². The van der Waals surface area contributed by atoms with Crippen molar-refractivity contribution in [2.75, 3.05) is 7.11 Å². The molecule has 0 spiro atoms. The number of hydrogen-bond donors (Lipinski definition) is 0. The number of allylic oxidation sites excluding steroid dienone is 1. The van der Waals surface area contributed by atoms with Crippen LogP contribution in [0.15, 0.2) is 48.0 Å². The zero-order valence-corrected chi connectivity index (χ0v) is 13.7. The predicted molar refractivity (Wildman–Crippen MR) is 88.0 cm³/mol. The van der Waals surface area contributed by atoms with Crippen molar-refractivity contribution in [3.8, 4) is 23.6 Å². The van der Waals surface area contributed by atoms with Crippen LogP contribution in [0, 0.1) is 22.7 Å². The summed E-state index contributed by atoms with van der Waals surface area (Å²) in [6.45, 7) is -0.139. The predicted octanol–water partition coefficient (Wildman–Crippen LogP) is 4.72. The van der Waals surface area contributed by atoms with Crippen LogP contribution in [-0.2, 0) is 12.8 Å². The maximum absolute atomic E-state index is 12.8. The molecule has 0 radical (unpaired) electrons. The Kier molecular flexibility index (Phi) is 5.87. The van der Waals surface area contributed by atoms with Gasteiger partial charge in [-0.05, 0) is 29.8 Å². The number of alkyl halides is 3. The smallest absolute Gasteiger partial charge is 0.416 e. The van der Waals surface area contributed by atoms with Crippen molar-refractivity contribution in [2.45, 2.75) is 12.8 Å². The number of methoxy groups -OCH3 is 1. The number of nitrogens with zero attached hydrogens (tertiary/aromatic N) is 2. The molecule has 2 aromatic rings. The highest BCUT2D eigenvalue weighted by Crippen LogP contribution is 2.34. The molecule has 0 fully saturated rings. The van der Waals surface area contributed by atoms with Crippen molar-refractivity contribution in [3.63, 3.8) is 0 Å². The zero-order valence-electron chi connectivity index (χ0n) is 13.7. The summed E-state index contributed by atoms with van der Waals surface area (Å²) in [5.41, 5.74) is -0.173. The van der Waals surface area contributed by atoms with E-state index in [9.17, 15) is 13.2 Å². The molecular weight excluding hydrogens is 345 g/mol. The first kappa shape index (κ1) is 18.9. The van der Waals surface area contributed by atoms with E-state index in [1.807, 2.05) is 0 Å². The van der Waals surface area contributed by atoms with Crippen LogP contribution < -0.4 is 9.47 Å². The Morgan fingerprint density at radius 3 is 2.42 bits per heavy atom. The van der Waals surface area contributed by atoms with Crippen LogP contribution in [0.2, 0.25) is 0 Å². The van der Waals surface area contributed by atoms with Crippen molar-refractivity contribution in [1.29, 1.82) is 10.5 Å². The second kappa shape index (κ2) is 8.09. The van der Waals surface area contributed by atoms with Crippen LogP contribution in [0.25, 0.3) is 6.08 Å². The summed E-state index contributed by atoms with van der Waals surface area (Å²) in [5, 5.41) is 17.8. The summed E-state index contributed by atoms with van der Waals surface area (Å²) >= 11 is 0. The molecule has 0 aliphatic rings. The normalized spacial score (nSPS) is 10.4. The fourth-order valence-electron chi connectivity index (χ4n) is 2.20. The Morgan fingerprint density at radius 1 is 1.12 bits per heavy atom. The van der Waals surface area contributed by atoms with Crippen molar-refractivity contribution >= 4 is 6.08 Å². The lowest BCUT2D eigenvalue weighted by Crippen LogP contribution is -2.06. The van der Waals surface area contributed by atoms with Crippen LogP contribution in [-0.4, -0.2) is 7.11 Å². The quantitative estimate of drug-likeness (QED) is 0.725. The van der Waals surface area contributed by atoms with Gasteiger partial charge in [0.1, 0.15) is 24.3 Å². The average molecular weight is 358 g/mol. The molecule has 132 valence electrons. The van der Waals surface area contributed by atoms with Crippen LogP contribution in [0.3, 0.4) is 0 Å². The van der Waals surface area contributed by atoms with Gasteiger partial charge in [-0.3, -0.25) is 0 Å². The highest BCUT2D eigenvalue weighted by atomic mass is 19.4. The molecule has 7 heteroatoms. The molecule has 0 saturated carbocycles. The Morgan fingerprint density at radius 2 is 1.81 bits per heavy atom. The van der Waals surface area contributed by atoms with Gasteiger partial charge in [0, 0.05) is 5.56 Å². The summed E-state index contributed by atoms with van der Waals surface area (Å²) in [6.07, 6.45) is -3.12. The molecule has 0 atom stereocenters. The van der Waals surface area contributed by atoms with E-state index in [1.165, 1.54) is 25.3 Å². The van der Waals surface area contributed by atoms with Gasteiger partial charge in [0.15, 0.2) is 11.5 Å². The molecule has 0 saturated heterocycles. The second-order valence-corrected chi connectivity index (χ2v) is 5.15. The summed E-state index contributed by atoms with van der Waals surface area (Å²) in [7, 11) is 1.41. The molecule has 0 heterocycles. The second-order valence-electron chi connectivity index (χ2n) is 5.15. The Labute approximate surface area is 148 Å². The molecule has 4 nitrogen and oxygen atoms in total. The third-order valence-electron chi connectivity index (χ3n) is 3.41. The Balaban J connectivity index is 2.34. The SMILES string of the molecule is COc1cccc(C=C(C#N)C#N)c1OCc1cccc(C(F)(F)F)c1. The van der Waals surface area contributed by atoms with Gasteiger partial charge in [-0.25, -0.2) is 0 Å². The Bertz CT molecular complexity index is 890. The summed E-state index contributed by atoms with van der Waals surface area (Å²) in [6, 6.07) is 13.1. The summed E-state index contributed by atoms with van der Waals surface area (Å²) in [5.74, 6) is 0.566. The van der Waals surface area contributed by atoms with E-state index < -0.39 is 11.7 Å². The van der Waals surface area contributed by atoms with Crippen LogP contribution in [0.4, 0.5) is 13.2 Å². The topological polar surface area (TPSA) is 66.0 Å². The minimum atomic E-state index is -4.44. The van der Waals surface area contributed by atoms with Crippen LogP contribution >= 0.6 is 0 Å². The van der Waals surface area contributed by atoms with Gasteiger partial charge in [0.05, 0.1) is 12.7 Å². The Hall–Kier alpha value is -3.45. The van der Waals surface area contributed by atoms with E-state index >= 15 is 0 Å². The molecule has 0 N–H and O–H groups in total. The standard InChI is InChI=1S/C19H13F3N2O2/c1-25-17-7-3-5-15(8-14(10-23)11-24)18(17)26-12-13-4-2-6-16(9-13)19(20,21)22/h2-9H,12H2,1H3. The molecule has 2 rings (SSSR count). The van der Waals surface area contributed by atoms with Crippen molar-refractivity contribution in [3.05, 3.63) is 64.7 Å². The molecule has 0 aliphatic carbocycles. The van der Waals surface area contributed by atoms with Crippen molar-refractivity contribution in [2.24, 2.45) is 0 Å². The van der Waals surface area contributed by atoms with Crippen molar-refractivity contribution in [1.82, 2.24) is 0 Å². The van der Waals surface area contributed by atoms with E-state index in [0.717, 1.165) is 12.1 Å². The summed E-state index contributed by atoms with van der Waals surface area (Å²) in [4.78, 5) is 0. The number of rotatable bonds is 5. The molecule has 0 aliphatic heterocycles. The van der Waals surface area contributed by atoms with Gasteiger partial charge < -0.3 is 9.47 Å². The van der Waals surface area contributed by atoms with Gasteiger partial charge in [0.25, 0.3) is 0 Å². The number of hydrogen-bond acceptors (Lipinski definition) is 4. The van der Waals surface area contributed by atoms with E-state index in [-0.39, 0.29) is 17.9 Å². The minimum Gasteiger partial charge on any atom is -0.493 e. The monoisotopic (exact) mass is 358 g/mol. The highest BCUT2D eigenvalue weighted by molar-refractivity contribution is 5.69. The number of para-hydroxylation sites is 1. The first-order valence-corrected chi connectivity index (χ1v) is 7.37. The molecular formula is C19H13F3N2O2. The first-order valence-electron chi connectivity index (χ1n) is 7.37. The van der Waals surface area contributed by atoms with Gasteiger partial charge in [-0.15, -0.1) is 0 Å². The first-order chi connectivity index (χ1) is 12.4. The van der Waals surface area contributed by atoms with Crippen LogP contribution in [0.1, 0.15) is 16.7 Å². The van der Waals surface area contributed by atoms with Gasteiger partial charge in [-0.2, -0.15) is 23.7 Å². The third-order valence-corrected chi connectivity index (χ3v) is 3.41. The molecule has 0 aromatic heterocycles. The number of ether oxygens (including phenoxy) is 2. The maximum atomic E-state index is 12.8. The molecule has 26 heavy (non-hydrogen) atoms. The van der Waals surface area contributed by atoms with E-state index in [2.05, 4.69) is 0 Å². The molecule has 0 unspecified atom stereocenters. The number of benzene rings is 2. The highest BCUT2D eigenvalue weighted by Gasteiger charge is 2.30. The fourth-order valence-corrected chi connectivity index (χ4v) is 2.20. The van der Waals surface area contributed by atoms with Crippen LogP contribution in [0.5, 0.6) is 11.5 Å². The summed E-state index contributed by atoms with van der Waals surface area (Å²) < 4.78 is 49.3. The number of halogens is 3. The third kappa shape index (κ3) is 4.55. The molecule has 0 bridgehead atoms. The lowest BCUT2D eigenvalue weighted by molar-refractivity contribution is -0.137. The molecule has 2 aromatic carbocycles. The van der Waals surface area contributed by atoms with E-state index in [1.54, 1.807) is 30.3 Å². The maximum Gasteiger partial charge on any atom is 0.416 e. The lowest BCUT2D eigenvalue weighted by Gasteiger charge is -2.14. The lowest BCUT2D eigenvalue weighted by atomic mass is 10.1. The van der Waals surface area contributed by atoms with Crippen molar-refractivity contribution < 1.29 is 22.6 Å².